The Morgan fingerprint density at radius 1 is 0.900 bits per heavy atom. The maximum atomic E-state index is 12.5. The molecule has 2 aromatic carbocycles. The highest BCUT2D eigenvalue weighted by atomic mass is 16.4. The van der Waals surface area contributed by atoms with Crippen LogP contribution in [0, 0.1) is 13.8 Å². The van der Waals surface area contributed by atoms with Gasteiger partial charge in [0.25, 0.3) is 0 Å². The van der Waals surface area contributed by atoms with Crippen LogP contribution in [0.3, 0.4) is 0 Å². The third-order valence-electron chi connectivity index (χ3n) is 3.19. The Morgan fingerprint density at radius 3 is 2.10 bits per heavy atom. The number of phenols is 1. The van der Waals surface area contributed by atoms with Gasteiger partial charge in [-0.15, -0.1) is 0 Å². The van der Waals surface area contributed by atoms with Gasteiger partial charge in [-0.2, -0.15) is 0 Å². The van der Waals surface area contributed by atoms with Crippen LogP contribution in [-0.2, 0) is 0 Å². The van der Waals surface area contributed by atoms with Gasteiger partial charge in [-0.05, 0) is 43.2 Å². The van der Waals surface area contributed by atoms with E-state index in [1.54, 1.807) is 32.0 Å². The van der Waals surface area contributed by atoms with E-state index in [0.29, 0.717) is 16.7 Å². The molecule has 4 heteroatoms. The molecule has 0 radical (unpaired) electrons. The number of ketones is 1. The lowest BCUT2D eigenvalue weighted by molar-refractivity contribution is 0.0692. The molecule has 0 atom stereocenters. The van der Waals surface area contributed by atoms with Crippen LogP contribution in [0.25, 0.3) is 0 Å². The fraction of sp³-hybridized carbons (Fsp3) is 0.125. The Morgan fingerprint density at radius 2 is 1.50 bits per heavy atom. The predicted molar refractivity (Wildman–Crippen MR) is 74.4 cm³/mol. The van der Waals surface area contributed by atoms with Crippen molar-refractivity contribution in [3.8, 4) is 5.75 Å². The van der Waals surface area contributed by atoms with E-state index in [0.717, 1.165) is 0 Å². The molecule has 2 aromatic rings. The van der Waals surface area contributed by atoms with E-state index >= 15 is 0 Å². The van der Waals surface area contributed by atoms with Crippen molar-refractivity contribution in [3.05, 3.63) is 64.2 Å². The van der Waals surface area contributed by atoms with E-state index in [1.807, 2.05) is 0 Å². The molecule has 102 valence electrons. The molecule has 20 heavy (non-hydrogen) atoms. The van der Waals surface area contributed by atoms with Gasteiger partial charge in [0.1, 0.15) is 5.75 Å². The van der Waals surface area contributed by atoms with Gasteiger partial charge in [0.15, 0.2) is 5.78 Å². The molecule has 0 spiro atoms. The maximum Gasteiger partial charge on any atom is 0.336 e. The second-order valence-corrected chi connectivity index (χ2v) is 4.63. The average Bonchev–Trinajstić information content (AvgIpc) is 2.42. The first-order valence-electron chi connectivity index (χ1n) is 6.09. The molecule has 2 rings (SSSR count). The molecule has 0 fully saturated rings. The highest BCUT2D eigenvalue weighted by molar-refractivity contribution is 6.15. The third kappa shape index (κ3) is 2.40. The van der Waals surface area contributed by atoms with E-state index in [-0.39, 0.29) is 22.7 Å². The largest absolute Gasteiger partial charge is 0.508 e. The number of hydrogen-bond donors (Lipinski definition) is 2. The van der Waals surface area contributed by atoms with E-state index < -0.39 is 5.97 Å². The maximum absolute atomic E-state index is 12.5. The molecule has 4 nitrogen and oxygen atoms in total. The van der Waals surface area contributed by atoms with E-state index in [9.17, 15) is 14.7 Å². The minimum absolute atomic E-state index is 0.0253. The Bertz CT molecular complexity index is 702. The Kier molecular flexibility index (Phi) is 3.57. The molecule has 0 saturated heterocycles. The van der Waals surface area contributed by atoms with Crippen LogP contribution in [0.4, 0.5) is 0 Å². The lowest BCUT2D eigenvalue weighted by atomic mass is 9.94. The molecular formula is C16H14O4. The fourth-order valence-electron chi connectivity index (χ4n) is 2.06. The number of aromatic hydroxyl groups is 1. The fourth-order valence-corrected chi connectivity index (χ4v) is 2.06. The number of carboxylic acids is 1. The summed E-state index contributed by atoms with van der Waals surface area (Å²) in [6.07, 6.45) is 0. The van der Waals surface area contributed by atoms with Crippen molar-refractivity contribution in [3.63, 3.8) is 0 Å². The number of carboxylic acid groups (broad SMARTS) is 1. The van der Waals surface area contributed by atoms with Crippen LogP contribution in [0.1, 0.15) is 37.4 Å². The highest BCUT2D eigenvalue weighted by Crippen LogP contribution is 2.24. The van der Waals surface area contributed by atoms with Crippen LogP contribution >= 0.6 is 0 Å². The predicted octanol–water partition coefficient (Wildman–Crippen LogP) is 2.94. The molecule has 2 N–H and O–H groups in total. The summed E-state index contributed by atoms with van der Waals surface area (Å²) in [6, 6.07) is 9.18. The molecule has 0 bridgehead atoms. The summed E-state index contributed by atoms with van der Waals surface area (Å²) in [6.45, 7) is 3.39. The molecule has 0 saturated carbocycles. The van der Waals surface area contributed by atoms with Crippen molar-refractivity contribution >= 4 is 11.8 Å². The van der Waals surface area contributed by atoms with Crippen LogP contribution in [0.5, 0.6) is 5.75 Å². The SMILES string of the molecule is Cc1cc(C(=O)c2ccccc2C(=O)O)c(C)cc1O. The van der Waals surface area contributed by atoms with Gasteiger partial charge in [-0.25, -0.2) is 4.79 Å². The average molecular weight is 270 g/mol. The number of benzene rings is 2. The summed E-state index contributed by atoms with van der Waals surface area (Å²) in [7, 11) is 0. The number of rotatable bonds is 3. The number of aryl methyl sites for hydroxylation is 2. The first-order valence-corrected chi connectivity index (χ1v) is 6.09. The summed E-state index contributed by atoms with van der Waals surface area (Å²) in [5, 5.41) is 18.8. The third-order valence-corrected chi connectivity index (χ3v) is 3.19. The smallest absolute Gasteiger partial charge is 0.336 e. The highest BCUT2D eigenvalue weighted by Gasteiger charge is 2.19. The van der Waals surface area contributed by atoms with E-state index in [2.05, 4.69) is 0 Å². The number of hydrogen-bond acceptors (Lipinski definition) is 3. The normalized spacial score (nSPS) is 10.3. The Balaban J connectivity index is 2.58. The van der Waals surface area contributed by atoms with Gasteiger partial charge in [0, 0.05) is 11.1 Å². The van der Waals surface area contributed by atoms with Crippen molar-refractivity contribution < 1.29 is 19.8 Å². The second-order valence-electron chi connectivity index (χ2n) is 4.63. The lowest BCUT2D eigenvalue weighted by Crippen LogP contribution is -2.11. The number of carbonyl (C=O) groups is 2. The summed E-state index contributed by atoms with van der Waals surface area (Å²) < 4.78 is 0. The molecule has 0 aliphatic rings. The summed E-state index contributed by atoms with van der Waals surface area (Å²) in [4.78, 5) is 23.7. The minimum atomic E-state index is -1.14. The summed E-state index contributed by atoms with van der Waals surface area (Å²) in [5.41, 5.74) is 1.70. The van der Waals surface area contributed by atoms with Gasteiger partial charge in [0.05, 0.1) is 5.56 Å². The molecule has 0 unspecified atom stereocenters. The van der Waals surface area contributed by atoms with Crippen LogP contribution < -0.4 is 0 Å². The molecular weight excluding hydrogens is 256 g/mol. The molecule has 0 aliphatic heterocycles. The molecule has 0 amide bonds. The van der Waals surface area contributed by atoms with Crippen LogP contribution in [0.2, 0.25) is 0 Å². The Labute approximate surface area is 116 Å². The molecule has 0 aromatic heterocycles. The summed E-state index contributed by atoms with van der Waals surface area (Å²) in [5.74, 6) is -1.38. The molecule has 0 aliphatic carbocycles. The van der Waals surface area contributed by atoms with Gasteiger partial charge >= 0.3 is 5.97 Å². The molecule has 0 heterocycles. The summed E-state index contributed by atoms with van der Waals surface area (Å²) >= 11 is 0. The van der Waals surface area contributed by atoms with Gasteiger partial charge in [-0.1, -0.05) is 18.2 Å². The quantitative estimate of drug-likeness (QED) is 0.841. The number of aromatic carboxylic acids is 1. The van der Waals surface area contributed by atoms with Gasteiger partial charge in [-0.3, -0.25) is 4.79 Å². The van der Waals surface area contributed by atoms with Crippen LogP contribution in [-0.4, -0.2) is 22.0 Å². The standard InChI is InChI=1S/C16H14O4/c1-9-8-14(17)10(2)7-13(9)15(18)11-5-3-4-6-12(11)16(19)20/h3-8,17H,1-2H3,(H,19,20). The number of carbonyl (C=O) groups excluding carboxylic acids is 1. The topological polar surface area (TPSA) is 74.6 Å². The zero-order chi connectivity index (χ0) is 14.9. The van der Waals surface area contributed by atoms with Crippen molar-refractivity contribution in [1.29, 1.82) is 0 Å². The van der Waals surface area contributed by atoms with Gasteiger partial charge in [0.2, 0.25) is 0 Å². The van der Waals surface area contributed by atoms with Gasteiger partial charge < -0.3 is 10.2 Å². The minimum Gasteiger partial charge on any atom is -0.508 e. The second kappa shape index (κ2) is 5.17. The monoisotopic (exact) mass is 270 g/mol. The van der Waals surface area contributed by atoms with E-state index in [4.69, 9.17) is 5.11 Å². The number of phenolic OH excluding ortho intramolecular Hbond substituents is 1. The van der Waals surface area contributed by atoms with Crippen molar-refractivity contribution in [2.75, 3.05) is 0 Å². The lowest BCUT2D eigenvalue weighted by Gasteiger charge is -2.10. The first kappa shape index (κ1) is 13.8. The zero-order valence-electron chi connectivity index (χ0n) is 11.2. The zero-order valence-corrected chi connectivity index (χ0v) is 11.2. The first-order chi connectivity index (χ1) is 9.41. The van der Waals surface area contributed by atoms with Crippen LogP contribution in [0.15, 0.2) is 36.4 Å². The van der Waals surface area contributed by atoms with Crippen molar-refractivity contribution in [2.45, 2.75) is 13.8 Å². The van der Waals surface area contributed by atoms with Crippen molar-refractivity contribution in [1.82, 2.24) is 0 Å². The van der Waals surface area contributed by atoms with E-state index in [1.165, 1.54) is 18.2 Å². The van der Waals surface area contributed by atoms with Crippen molar-refractivity contribution in [2.24, 2.45) is 0 Å². The Hall–Kier alpha value is -2.62.